The smallest absolute Gasteiger partial charge is 0.223 e. The molecule has 0 radical (unpaired) electrons. The third-order valence-corrected chi connectivity index (χ3v) is 6.50. The third-order valence-electron chi connectivity index (χ3n) is 5.76. The van der Waals surface area contributed by atoms with Crippen LogP contribution in [-0.2, 0) is 24.4 Å². The largest absolute Gasteiger partial charge is 0.352 e. The molecule has 7 heteroatoms. The average molecular weight is 457 g/mol. The van der Waals surface area contributed by atoms with E-state index in [9.17, 15) is 4.79 Å². The van der Waals surface area contributed by atoms with E-state index in [2.05, 4.69) is 39.5 Å². The number of piperidine rings is 1. The van der Waals surface area contributed by atoms with Gasteiger partial charge in [-0.2, -0.15) is 0 Å². The third kappa shape index (κ3) is 6.10. The van der Waals surface area contributed by atoms with Crippen LogP contribution in [0.25, 0.3) is 0 Å². The van der Waals surface area contributed by atoms with E-state index in [4.69, 9.17) is 23.2 Å². The van der Waals surface area contributed by atoms with Crippen molar-refractivity contribution in [3.63, 3.8) is 0 Å². The molecule has 1 aliphatic heterocycles. The van der Waals surface area contributed by atoms with E-state index in [0.29, 0.717) is 16.6 Å². The number of aromatic nitrogens is 2. The van der Waals surface area contributed by atoms with Gasteiger partial charge >= 0.3 is 0 Å². The molecule has 1 amide bonds. The van der Waals surface area contributed by atoms with Crippen LogP contribution in [0.5, 0.6) is 0 Å². The van der Waals surface area contributed by atoms with Crippen molar-refractivity contribution in [2.45, 2.75) is 32.5 Å². The number of benzene rings is 2. The molecule has 1 N–H and O–H groups in total. The Labute approximate surface area is 193 Å². The van der Waals surface area contributed by atoms with E-state index in [0.717, 1.165) is 50.1 Å². The summed E-state index contributed by atoms with van der Waals surface area (Å²) in [5.74, 6) is 0.224. The van der Waals surface area contributed by atoms with Crippen molar-refractivity contribution in [1.82, 2.24) is 19.8 Å². The van der Waals surface area contributed by atoms with E-state index >= 15 is 0 Å². The van der Waals surface area contributed by atoms with Crippen LogP contribution in [0.4, 0.5) is 0 Å². The van der Waals surface area contributed by atoms with Crippen LogP contribution >= 0.6 is 23.2 Å². The zero-order chi connectivity index (χ0) is 21.6. The highest BCUT2D eigenvalue weighted by Gasteiger charge is 2.24. The van der Waals surface area contributed by atoms with E-state index in [-0.39, 0.29) is 11.8 Å². The second-order valence-corrected chi connectivity index (χ2v) is 8.88. The lowest BCUT2D eigenvalue weighted by Gasteiger charge is -2.31. The number of carbonyl (C=O) groups is 1. The molecule has 0 unspecified atom stereocenters. The van der Waals surface area contributed by atoms with Crippen molar-refractivity contribution in [3.8, 4) is 0 Å². The Bertz CT molecular complexity index is 997. The fourth-order valence-corrected chi connectivity index (χ4v) is 4.26. The molecule has 4 rings (SSSR count). The molecule has 5 nitrogen and oxygen atoms in total. The van der Waals surface area contributed by atoms with E-state index < -0.39 is 0 Å². The molecular formula is C24H26Cl2N4O. The van der Waals surface area contributed by atoms with Gasteiger partial charge in [0.15, 0.2) is 0 Å². The van der Waals surface area contributed by atoms with Gasteiger partial charge in [0.2, 0.25) is 5.91 Å². The van der Waals surface area contributed by atoms with E-state index in [1.165, 1.54) is 5.56 Å². The first-order valence-corrected chi connectivity index (χ1v) is 11.3. The summed E-state index contributed by atoms with van der Waals surface area (Å²) in [7, 11) is 0. The van der Waals surface area contributed by atoms with Crippen LogP contribution in [0.3, 0.4) is 0 Å². The monoisotopic (exact) mass is 456 g/mol. The standard InChI is InChI=1S/C24H26Cl2N4O/c25-22-6-5-20(13-23(22)26)16-29-10-7-21(8-11-29)24(31)28-14-18-1-3-19(4-2-18)15-30-12-9-27-17-30/h1-6,9,12-13,17,21H,7-8,10-11,14-16H2,(H,28,31). The lowest BCUT2D eigenvalue weighted by molar-refractivity contribution is -0.126. The van der Waals surface area contributed by atoms with Crippen molar-refractivity contribution in [1.29, 1.82) is 0 Å². The fraction of sp³-hybridized carbons (Fsp3) is 0.333. The summed E-state index contributed by atoms with van der Waals surface area (Å²) in [6, 6.07) is 14.1. The van der Waals surface area contributed by atoms with Crippen molar-refractivity contribution < 1.29 is 4.79 Å². The molecule has 0 bridgehead atoms. The fourth-order valence-electron chi connectivity index (χ4n) is 3.94. The van der Waals surface area contributed by atoms with Gasteiger partial charge in [-0.1, -0.05) is 53.5 Å². The quantitative estimate of drug-likeness (QED) is 0.556. The number of hydrogen-bond donors (Lipinski definition) is 1. The van der Waals surface area contributed by atoms with E-state index in [1.54, 1.807) is 6.20 Å². The molecule has 0 aliphatic carbocycles. The molecule has 2 aromatic carbocycles. The zero-order valence-electron chi connectivity index (χ0n) is 17.3. The minimum absolute atomic E-state index is 0.0746. The van der Waals surface area contributed by atoms with Gasteiger partial charge in [0.05, 0.1) is 16.4 Å². The first-order valence-electron chi connectivity index (χ1n) is 10.5. The van der Waals surface area contributed by atoms with Crippen molar-refractivity contribution >= 4 is 29.1 Å². The summed E-state index contributed by atoms with van der Waals surface area (Å²) < 4.78 is 2.03. The summed E-state index contributed by atoms with van der Waals surface area (Å²) in [5.41, 5.74) is 3.47. The highest BCUT2D eigenvalue weighted by molar-refractivity contribution is 6.42. The molecule has 3 aromatic rings. The Kier molecular flexibility index (Phi) is 7.28. The molecule has 0 spiro atoms. The maximum absolute atomic E-state index is 12.6. The minimum atomic E-state index is 0.0746. The topological polar surface area (TPSA) is 50.2 Å². The second-order valence-electron chi connectivity index (χ2n) is 8.07. The van der Waals surface area contributed by atoms with Gasteiger partial charge in [0.1, 0.15) is 0 Å². The van der Waals surface area contributed by atoms with Crippen LogP contribution in [0.1, 0.15) is 29.5 Å². The number of hydrogen-bond acceptors (Lipinski definition) is 3. The summed E-state index contributed by atoms with van der Waals surface area (Å²) >= 11 is 12.1. The van der Waals surface area contributed by atoms with Crippen molar-refractivity contribution in [2.24, 2.45) is 5.92 Å². The predicted molar refractivity (Wildman–Crippen MR) is 124 cm³/mol. The molecular weight excluding hydrogens is 431 g/mol. The van der Waals surface area contributed by atoms with Crippen LogP contribution < -0.4 is 5.32 Å². The Morgan fingerprint density at radius 1 is 0.968 bits per heavy atom. The van der Waals surface area contributed by atoms with Gasteiger partial charge in [-0.05, 0) is 54.8 Å². The number of rotatable bonds is 7. The lowest BCUT2D eigenvalue weighted by Crippen LogP contribution is -2.40. The first kappa shape index (κ1) is 21.9. The molecule has 2 heterocycles. The molecule has 1 aromatic heterocycles. The summed E-state index contributed by atoms with van der Waals surface area (Å²) in [4.78, 5) is 19.1. The lowest BCUT2D eigenvalue weighted by atomic mass is 9.95. The van der Waals surface area contributed by atoms with Crippen molar-refractivity contribution in [2.75, 3.05) is 13.1 Å². The summed E-state index contributed by atoms with van der Waals surface area (Å²) in [6.07, 6.45) is 7.28. The van der Waals surface area contributed by atoms with Crippen LogP contribution in [0, 0.1) is 5.92 Å². The van der Waals surface area contributed by atoms with Crippen LogP contribution in [-0.4, -0.2) is 33.4 Å². The average Bonchev–Trinajstić information content (AvgIpc) is 3.29. The van der Waals surface area contributed by atoms with Gasteiger partial charge in [-0.3, -0.25) is 9.69 Å². The Morgan fingerprint density at radius 3 is 2.35 bits per heavy atom. The maximum atomic E-state index is 12.6. The number of carbonyl (C=O) groups excluding carboxylic acids is 1. The molecule has 0 atom stereocenters. The van der Waals surface area contributed by atoms with E-state index in [1.807, 2.05) is 35.3 Å². The maximum Gasteiger partial charge on any atom is 0.223 e. The summed E-state index contributed by atoms with van der Waals surface area (Å²) in [5, 5.41) is 4.27. The zero-order valence-corrected chi connectivity index (χ0v) is 18.8. The highest BCUT2D eigenvalue weighted by atomic mass is 35.5. The second kappa shape index (κ2) is 10.3. The van der Waals surface area contributed by atoms with Gasteiger partial charge in [0.25, 0.3) is 0 Å². The first-order chi connectivity index (χ1) is 15.1. The predicted octanol–water partition coefficient (Wildman–Crippen LogP) is 4.77. The summed E-state index contributed by atoms with van der Waals surface area (Å²) in [6.45, 7) is 4.00. The Hall–Kier alpha value is -2.34. The van der Waals surface area contributed by atoms with Gasteiger partial charge < -0.3 is 9.88 Å². The normalized spacial score (nSPS) is 15.2. The number of nitrogens with zero attached hydrogens (tertiary/aromatic N) is 3. The minimum Gasteiger partial charge on any atom is -0.352 e. The molecule has 0 saturated carbocycles. The van der Waals surface area contributed by atoms with Crippen molar-refractivity contribution in [3.05, 3.63) is 87.9 Å². The molecule has 162 valence electrons. The van der Waals surface area contributed by atoms with Gasteiger partial charge in [0, 0.05) is 37.9 Å². The van der Waals surface area contributed by atoms with Crippen LogP contribution in [0.2, 0.25) is 10.0 Å². The number of amides is 1. The molecule has 31 heavy (non-hydrogen) atoms. The molecule has 1 fully saturated rings. The van der Waals surface area contributed by atoms with Gasteiger partial charge in [-0.25, -0.2) is 4.98 Å². The number of halogens is 2. The Balaban J connectivity index is 1.20. The van der Waals surface area contributed by atoms with Crippen LogP contribution in [0.15, 0.2) is 61.2 Å². The van der Waals surface area contributed by atoms with Gasteiger partial charge in [-0.15, -0.1) is 0 Å². The number of likely N-dealkylation sites (tertiary alicyclic amines) is 1. The molecule has 1 saturated heterocycles. The highest BCUT2D eigenvalue weighted by Crippen LogP contribution is 2.25. The number of nitrogens with one attached hydrogen (secondary N) is 1. The molecule has 1 aliphatic rings. The number of imidazole rings is 1. The Morgan fingerprint density at radius 2 is 1.68 bits per heavy atom. The SMILES string of the molecule is O=C(NCc1ccc(Cn2ccnc2)cc1)C1CCN(Cc2ccc(Cl)c(Cl)c2)CC1.